The molecule has 0 radical (unpaired) electrons. The summed E-state index contributed by atoms with van der Waals surface area (Å²) in [5, 5.41) is -0.338. The van der Waals surface area contributed by atoms with Gasteiger partial charge < -0.3 is 4.74 Å². The van der Waals surface area contributed by atoms with Gasteiger partial charge in [0.1, 0.15) is 5.75 Å². The summed E-state index contributed by atoms with van der Waals surface area (Å²) in [4.78, 5) is 30.2. The number of para-hydroxylation sites is 2. The molecule has 1 aromatic heterocycles. The largest absolute Gasteiger partial charge is 0.495 e. The van der Waals surface area contributed by atoms with E-state index in [4.69, 9.17) is 4.74 Å². The van der Waals surface area contributed by atoms with E-state index < -0.39 is 0 Å². The number of benzene rings is 1. The molecule has 110 valence electrons. The molecule has 2 amide bonds. The number of nitrogens with zero attached hydrogens (tertiary/aromatic N) is 2. The van der Waals surface area contributed by atoms with Gasteiger partial charge in [-0.15, -0.1) is 0 Å². The van der Waals surface area contributed by atoms with E-state index in [1.54, 1.807) is 54.9 Å². The fourth-order valence-corrected chi connectivity index (χ4v) is 2.94. The summed E-state index contributed by atoms with van der Waals surface area (Å²) in [5.74, 6) is 0.131. The van der Waals surface area contributed by atoms with Crippen LogP contribution in [0.3, 0.4) is 0 Å². The smallest absolute Gasteiger partial charge is 0.298 e. The highest BCUT2D eigenvalue weighted by Gasteiger charge is 2.37. The Labute approximate surface area is 131 Å². The van der Waals surface area contributed by atoms with Crippen molar-refractivity contribution in [3.8, 4) is 5.75 Å². The molecule has 0 aliphatic carbocycles. The second-order valence-corrected chi connectivity index (χ2v) is 5.46. The molecule has 22 heavy (non-hydrogen) atoms. The Hall–Kier alpha value is -2.60. The Kier molecular flexibility index (Phi) is 3.93. The third-order valence-electron chi connectivity index (χ3n) is 3.12. The van der Waals surface area contributed by atoms with Crippen molar-refractivity contribution in [2.75, 3.05) is 12.0 Å². The zero-order valence-electron chi connectivity index (χ0n) is 11.7. The van der Waals surface area contributed by atoms with E-state index in [0.717, 1.165) is 22.2 Å². The number of anilines is 1. The molecule has 1 aliphatic rings. The van der Waals surface area contributed by atoms with E-state index in [0.29, 0.717) is 16.3 Å². The normalized spacial score (nSPS) is 16.4. The molecular formula is C16H12N2O3S. The van der Waals surface area contributed by atoms with Crippen LogP contribution < -0.4 is 9.64 Å². The first-order valence-electron chi connectivity index (χ1n) is 6.51. The van der Waals surface area contributed by atoms with Crippen LogP contribution in [0, 0.1) is 0 Å². The van der Waals surface area contributed by atoms with Crippen LogP contribution in [0.2, 0.25) is 0 Å². The lowest BCUT2D eigenvalue weighted by atomic mass is 10.2. The molecule has 1 fully saturated rings. The first-order valence-corrected chi connectivity index (χ1v) is 7.33. The molecule has 1 aliphatic heterocycles. The van der Waals surface area contributed by atoms with Crippen molar-refractivity contribution in [1.82, 2.24) is 4.98 Å². The van der Waals surface area contributed by atoms with Gasteiger partial charge in [0.05, 0.1) is 17.7 Å². The summed E-state index contributed by atoms with van der Waals surface area (Å²) in [7, 11) is 1.50. The van der Waals surface area contributed by atoms with E-state index in [9.17, 15) is 9.59 Å². The van der Waals surface area contributed by atoms with Crippen molar-refractivity contribution < 1.29 is 14.3 Å². The van der Waals surface area contributed by atoms with Gasteiger partial charge in [-0.05, 0) is 47.7 Å². The Balaban J connectivity index is 1.97. The van der Waals surface area contributed by atoms with Crippen LogP contribution in [0.1, 0.15) is 5.56 Å². The first kappa shape index (κ1) is 14.3. The number of hydrogen-bond acceptors (Lipinski definition) is 5. The SMILES string of the molecule is COc1ccccc1N1C(=O)S/C(=C\c2ccncc2)C1=O. The number of amides is 2. The van der Waals surface area contributed by atoms with Crippen molar-refractivity contribution in [2.24, 2.45) is 0 Å². The molecule has 0 saturated carbocycles. The maximum atomic E-state index is 12.5. The fourth-order valence-electron chi connectivity index (χ4n) is 2.10. The first-order chi connectivity index (χ1) is 10.7. The highest BCUT2D eigenvalue weighted by atomic mass is 32.2. The van der Waals surface area contributed by atoms with Gasteiger partial charge in [0.2, 0.25) is 0 Å². The maximum Gasteiger partial charge on any atom is 0.298 e. The summed E-state index contributed by atoms with van der Waals surface area (Å²) in [6.07, 6.45) is 4.95. The highest BCUT2D eigenvalue weighted by Crippen LogP contribution is 2.39. The minimum Gasteiger partial charge on any atom is -0.495 e. The lowest BCUT2D eigenvalue weighted by molar-refractivity contribution is -0.113. The van der Waals surface area contributed by atoms with E-state index >= 15 is 0 Å². The lowest BCUT2D eigenvalue weighted by Gasteiger charge is -2.15. The highest BCUT2D eigenvalue weighted by molar-refractivity contribution is 8.19. The van der Waals surface area contributed by atoms with Crippen LogP contribution in [0.15, 0.2) is 53.7 Å². The van der Waals surface area contributed by atoms with Crippen LogP contribution >= 0.6 is 11.8 Å². The van der Waals surface area contributed by atoms with Gasteiger partial charge >= 0.3 is 0 Å². The zero-order valence-corrected chi connectivity index (χ0v) is 12.5. The number of rotatable bonds is 3. The van der Waals surface area contributed by atoms with Gasteiger partial charge in [0, 0.05) is 12.4 Å². The number of ether oxygens (including phenoxy) is 1. The number of aromatic nitrogens is 1. The van der Waals surface area contributed by atoms with Crippen molar-refractivity contribution in [3.63, 3.8) is 0 Å². The van der Waals surface area contributed by atoms with Gasteiger partial charge in [-0.1, -0.05) is 12.1 Å². The van der Waals surface area contributed by atoms with Crippen molar-refractivity contribution >= 4 is 34.7 Å². The Bertz CT molecular complexity index is 759. The molecule has 3 rings (SSSR count). The molecule has 2 heterocycles. The average Bonchev–Trinajstić information content (AvgIpc) is 2.82. The third kappa shape index (κ3) is 2.60. The van der Waals surface area contributed by atoms with Gasteiger partial charge in [0.15, 0.2) is 0 Å². The van der Waals surface area contributed by atoms with Crippen LogP contribution in [-0.4, -0.2) is 23.2 Å². The van der Waals surface area contributed by atoms with Gasteiger partial charge in [-0.3, -0.25) is 14.6 Å². The fraction of sp³-hybridized carbons (Fsp3) is 0.0625. The quantitative estimate of drug-likeness (QED) is 0.814. The molecule has 2 aromatic rings. The van der Waals surface area contributed by atoms with Crippen molar-refractivity contribution in [2.45, 2.75) is 0 Å². The average molecular weight is 312 g/mol. The Morgan fingerprint density at radius 1 is 1.14 bits per heavy atom. The summed E-state index contributed by atoms with van der Waals surface area (Å²) in [6.45, 7) is 0. The number of imide groups is 1. The van der Waals surface area contributed by atoms with E-state index in [1.807, 2.05) is 0 Å². The minimum atomic E-state index is -0.351. The molecule has 0 N–H and O–H groups in total. The predicted octanol–water partition coefficient (Wildman–Crippen LogP) is 3.33. The Morgan fingerprint density at radius 3 is 2.59 bits per heavy atom. The standard InChI is InChI=1S/C16H12N2O3S/c1-21-13-5-3-2-4-12(13)18-15(19)14(22-16(18)20)10-11-6-8-17-9-7-11/h2-10H,1H3/b14-10-. The molecule has 1 saturated heterocycles. The van der Waals surface area contributed by atoms with Crippen molar-refractivity contribution in [3.05, 3.63) is 59.3 Å². The monoisotopic (exact) mass is 312 g/mol. The molecular weight excluding hydrogens is 300 g/mol. The number of carbonyl (C=O) groups is 2. The van der Waals surface area contributed by atoms with E-state index in [2.05, 4.69) is 4.98 Å². The zero-order chi connectivity index (χ0) is 15.5. The van der Waals surface area contributed by atoms with Gasteiger partial charge in [0.25, 0.3) is 11.1 Å². The Morgan fingerprint density at radius 2 is 1.86 bits per heavy atom. The molecule has 6 heteroatoms. The predicted molar refractivity (Wildman–Crippen MR) is 85.7 cm³/mol. The van der Waals surface area contributed by atoms with Crippen molar-refractivity contribution in [1.29, 1.82) is 0 Å². The molecule has 0 spiro atoms. The van der Waals surface area contributed by atoms with Crippen LogP contribution in [0.4, 0.5) is 10.5 Å². The summed E-state index contributed by atoms with van der Waals surface area (Å²) >= 11 is 0.913. The number of carbonyl (C=O) groups excluding carboxylic acids is 2. The van der Waals surface area contributed by atoms with Crippen LogP contribution in [0.25, 0.3) is 6.08 Å². The number of pyridine rings is 1. The summed E-state index contributed by atoms with van der Waals surface area (Å²) in [6, 6.07) is 10.5. The second kappa shape index (κ2) is 6.03. The maximum absolute atomic E-state index is 12.5. The molecule has 0 atom stereocenters. The van der Waals surface area contributed by atoms with Crippen LogP contribution in [0.5, 0.6) is 5.75 Å². The molecule has 0 bridgehead atoms. The molecule has 5 nitrogen and oxygen atoms in total. The van der Waals surface area contributed by atoms with E-state index in [-0.39, 0.29) is 11.1 Å². The topological polar surface area (TPSA) is 59.5 Å². The molecule has 1 aromatic carbocycles. The molecule has 0 unspecified atom stereocenters. The summed E-state index contributed by atoms with van der Waals surface area (Å²) < 4.78 is 5.22. The third-order valence-corrected chi connectivity index (χ3v) is 3.99. The lowest BCUT2D eigenvalue weighted by Crippen LogP contribution is -2.28. The van der Waals surface area contributed by atoms with Gasteiger partial charge in [-0.2, -0.15) is 0 Å². The number of thioether (sulfide) groups is 1. The number of hydrogen-bond donors (Lipinski definition) is 0. The number of methoxy groups -OCH3 is 1. The minimum absolute atomic E-state index is 0.338. The van der Waals surface area contributed by atoms with Crippen LogP contribution in [-0.2, 0) is 4.79 Å². The van der Waals surface area contributed by atoms with E-state index in [1.165, 1.54) is 7.11 Å². The van der Waals surface area contributed by atoms with Gasteiger partial charge in [-0.25, -0.2) is 4.90 Å². The summed E-state index contributed by atoms with van der Waals surface area (Å²) in [5.41, 5.74) is 1.27. The second-order valence-electron chi connectivity index (χ2n) is 4.47.